The van der Waals surface area contributed by atoms with Crippen molar-refractivity contribution in [2.45, 2.75) is 6.18 Å². The highest BCUT2D eigenvalue weighted by Crippen LogP contribution is 2.33. The number of hydrogen-bond acceptors (Lipinski definition) is 5. The molecular weight excluding hydrogens is 363 g/mol. The van der Waals surface area contributed by atoms with Crippen LogP contribution in [0.4, 0.5) is 18.9 Å². The fourth-order valence-electron chi connectivity index (χ4n) is 2.40. The van der Waals surface area contributed by atoms with E-state index >= 15 is 0 Å². The Morgan fingerprint density at radius 3 is 1.96 bits per heavy atom. The number of hydrogen-bond donors (Lipinski definition) is 2. The standard InChI is InChI=1S/C14H8F3NO3.C4H10N2/c15-14(16,17)10-6-7-11(12(8-10)18(20)21)13(19)9-4-2-1-3-5-9;1-2-6-4-3-5-1/h1-8H;5-6H,1-4H2. The lowest BCUT2D eigenvalue weighted by atomic mass is 10.00. The number of nitrogens with zero attached hydrogens (tertiary/aromatic N) is 1. The number of carbonyl (C=O) groups is 1. The fourth-order valence-corrected chi connectivity index (χ4v) is 2.40. The zero-order chi connectivity index (χ0) is 19.9. The number of carbonyl (C=O) groups excluding carboxylic acids is 1. The van der Waals surface area contributed by atoms with Crippen LogP contribution in [0.15, 0.2) is 48.5 Å². The highest BCUT2D eigenvalue weighted by molar-refractivity contribution is 6.11. The van der Waals surface area contributed by atoms with Gasteiger partial charge in [0.1, 0.15) is 5.56 Å². The van der Waals surface area contributed by atoms with Crippen LogP contribution < -0.4 is 10.6 Å². The normalized spacial score (nSPS) is 14.0. The molecule has 0 radical (unpaired) electrons. The Labute approximate surface area is 153 Å². The molecule has 0 bridgehead atoms. The molecule has 0 unspecified atom stereocenters. The van der Waals surface area contributed by atoms with Crippen molar-refractivity contribution < 1.29 is 22.9 Å². The van der Waals surface area contributed by atoms with Crippen molar-refractivity contribution >= 4 is 11.5 Å². The molecule has 0 atom stereocenters. The smallest absolute Gasteiger partial charge is 0.314 e. The van der Waals surface area contributed by atoms with E-state index in [4.69, 9.17) is 0 Å². The minimum Gasteiger partial charge on any atom is -0.314 e. The second-order valence-electron chi connectivity index (χ2n) is 5.68. The maximum atomic E-state index is 12.6. The molecule has 9 heteroatoms. The third-order valence-corrected chi connectivity index (χ3v) is 3.76. The SMILES string of the molecule is C1CNCCN1.O=C(c1ccccc1)c1ccc(C(F)(F)F)cc1[N+](=O)[O-]. The number of benzene rings is 2. The first kappa shape index (κ1) is 20.5. The van der Waals surface area contributed by atoms with Gasteiger partial charge in [0.25, 0.3) is 5.69 Å². The summed E-state index contributed by atoms with van der Waals surface area (Å²) in [6.07, 6.45) is -4.71. The van der Waals surface area contributed by atoms with Crippen molar-refractivity contribution in [2.24, 2.45) is 0 Å². The maximum Gasteiger partial charge on any atom is 0.416 e. The molecule has 0 aliphatic carbocycles. The molecular formula is C18H18F3N3O3. The first-order chi connectivity index (χ1) is 12.8. The second-order valence-corrected chi connectivity index (χ2v) is 5.68. The highest BCUT2D eigenvalue weighted by atomic mass is 19.4. The van der Waals surface area contributed by atoms with Crippen molar-refractivity contribution in [3.63, 3.8) is 0 Å². The quantitative estimate of drug-likeness (QED) is 0.485. The largest absolute Gasteiger partial charge is 0.416 e. The fraction of sp³-hybridized carbons (Fsp3) is 0.278. The van der Waals surface area contributed by atoms with Crippen LogP contribution in [0.2, 0.25) is 0 Å². The molecule has 144 valence electrons. The van der Waals surface area contributed by atoms with Crippen LogP contribution in [0.5, 0.6) is 0 Å². The molecule has 2 aromatic rings. The number of nitro benzene ring substituents is 1. The number of alkyl halides is 3. The van der Waals surface area contributed by atoms with Gasteiger partial charge in [-0.05, 0) is 12.1 Å². The van der Waals surface area contributed by atoms with Crippen molar-refractivity contribution in [1.82, 2.24) is 10.6 Å². The molecule has 0 saturated carbocycles. The second kappa shape index (κ2) is 9.24. The van der Waals surface area contributed by atoms with E-state index in [1.807, 2.05) is 0 Å². The Hall–Kier alpha value is -2.78. The predicted molar refractivity (Wildman–Crippen MR) is 93.7 cm³/mol. The maximum absolute atomic E-state index is 12.6. The lowest BCUT2D eigenvalue weighted by Gasteiger charge is -2.11. The summed E-state index contributed by atoms with van der Waals surface area (Å²) in [4.78, 5) is 22.1. The molecule has 6 nitrogen and oxygen atoms in total. The van der Waals surface area contributed by atoms with Gasteiger partial charge in [-0.1, -0.05) is 30.3 Å². The third kappa shape index (κ3) is 5.87. The molecule has 3 rings (SSSR count). The van der Waals surface area contributed by atoms with E-state index in [2.05, 4.69) is 10.6 Å². The van der Waals surface area contributed by atoms with Crippen LogP contribution in [-0.2, 0) is 6.18 Å². The Morgan fingerprint density at radius 1 is 0.963 bits per heavy atom. The lowest BCUT2D eigenvalue weighted by molar-refractivity contribution is -0.385. The summed E-state index contributed by atoms with van der Waals surface area (Å²) in [5, 5.41) is 17.4. The summed E-state index contributed by atoms with van der Waals surface area (Å²) < 4.78 is 37.7. The summed E-state index contributed by atoms with van der Waals surface area (Å²) in [7, 11) is 0. The molecule has 1 saturated heterocycles. The van der Waals surface area contributed by atoms with Crippen molar-refractivity contribution in [1.29, 1.82) is 0 Å². The number of piperazine rings is 1. The Morgan fingerprint density at radius 2 is 1.52 bits per heavy atom. The van der Waals surface area contributed by atoms with E-state index in [9.17, 15) is 28.1 Å². The summed E-state index contributed by atoms with van der Waals surface area (Å²) in [5.41, 5.74) is -2.24. The molecule has 1 aliphatic rings. The first-order valence-electron chi connectivity index (χ1n) is 8.17. The topological polar surface area (TPSA) is 84.3 Å². The van der Waals surface area contributed by atoms with Crippen LogP contribution in [0, 0.1) is 10.1 Å². The number of nitrogens with one attached hydrogen (secondary N) is 2. The van der Waals surface area contributed by atoms with Gasteiger partial charge in [0.05, 0.1) is 10.5 Å². The van der Waals surface area contributed by atoms with Crippen molar-refractivity contribution in [3.8, 4) is 0 Å². The average molecular weight is 381 g/mol. The Balaban J connectivity index is 0.000000369. The molecule has 1 aliphatic heterocycles. The zero-order valence-corrected chi connectivity index (χ0v) is 14.3. The molecule has 2 N–H and O–H groups in total. The van der Waals surface area contributed by atoms with Gasteiger partial charge in [0.2, 0.25) is 0 Å². The van der Waals surface area contributed by atoms with Gasteiger partial charge in [-0.15, -0.1) is 0 Å². The molecule has 1 heterocycles. The number of nitro groups is 1. The Bertz CT molecular complexity index is 780. The average Bonchev–Trinajstić information content (AvgIpc) is 2.68. The number of ketones is 1. The van der Waals surface area contributed by atoms with Crippen LogP contribution >= 0.6 is 0 Å². The predicted octanol–water partition coefficient (Wildman–Crippen LogP) is 3.02. The van der Waals surface area contributed by atoms with Gasteiger partial charge in [-0.2, -0.15) is 13.2 Å². The Kier molecular flexibility index (Phi) is 7.03. The van der Waals surface area contributed by atoms with E-state index in [0.29, 0.717) is 12.1 Å². The van der Waals surface area contributed by atoms with Gasteiger partial charge in [0, 0.05) is 37.8 Å². The van der Waals surface area contributed by atoms with Gasteiger partial charge in [-0.25, -0.2) is 0 Å². The van der Waals surface area contributed by atoms with E-state index in [1.165, 1.54) is 12.1 Å². The zero-order valence-electron chi connectivity index (χ0n) is 14.3. The van der Waals surface area contributed by atoms with Crippen LogP contribution in [0.25, 0.3) is 0 Å². The summed E-state index contributed by atoms with van der Waals surface area (Å²) >= 11 is 0. The van der Waals surface area contributed by atoms with Gasteiger partial charge < -0.3 is 10.6 Å². The van der Waals surface area contributed by atoms with Gasteiger partial charge in [-0.3, -0.25) is 14.9 Å². The molecule has 0 amide bonds. The number of rotatable bonds is 3. The lowest BCUT2D eigenvalue weighted by Crippen LogP contribution is -2.39. The number of halogens is 3. The summed E-state index contributed by atoms with van der Waals surface area (Å²) in [5.74, 6) is -0.698. The third-order valence-electron chi connectivity index (χ3n) is 3.76. The highest BCUT2D eigenvalue weighted by Gasteiger charge is 2.34. The minimum absolute atomic E-state index is 0.167. The van der Waals surface area contributed by atoms with Gasteiger partial charge >= 0.3 is 6.18 Å². The van der Waals surface area contributed by atoms with E-state index in [-0.39, 0.29) is 11.1 Å². The van der Waals surface area contributed by atoms with Crippen LogP contribution in [-0.4, -0.2) is 36.9 Å². The van der Waals surface area contributed by atoms with E-state index in [1.54, 1.807) is 18.2 Å². The molecule has 2 aromatic carbocycles. The van der Waals surface area contributed by atoms with E-state index < -0.39 is 28.1 Å². The summed E-state index contributed by atoms with van der Waals surface area (Å²) in [6, 6.07) is 9.49. The molecule has 1 fully saturated rings. The van der Waals surface area contributed by atoms with Gasteiger partial charge in [0.15, 0.2) is 5.78 Å². The van der Waals surface area contributed by atoms with Crippen molar-refractivity contribution in [3.05, 3.63) is 75.3 Å². The molecule has 27 heavy (non-hydrogen) atoms. The first-order valence-corrected chi connectivity index (χ1v) is 8.17. The summed E-state index contributed by atoms with van der Waals surface area (Å²) in [6.45, 7) is 4.56. The molecule has 0 spiro atoms. The van der Waals surface area contributed by atoms with Crippen molar-refractivity contribution in [2.75, 3.05) is 26.2 Å². The monoisotopic (exact) mass is 381 g/mol. The van der Waals surface area contributed by atoms with E-state index in [0.717, 1.165) is 32.2 Å². The van der Waals surface area contributed by atoms with Crippen LogP contribution in [0.1, 0.15) is 21.5 Å². The molecule has 0 aromatic heterocycles. The minimum atomic E-state index is -4.71. The van der Waals surface area contributed by atoms with Crippen LogP contribution in [0.3, 0.4) is 0 Å².